The van der Waals surface area contributed by atoms with Crippen molar-refractivity contribution < 1.29 is 34.7 Å². The van der Waals surface area contributed by atoms with Gasteiger partial charge in [-0.3, -0.25) is 10.2 Å². The molecule has 0 bridgehead atoms. The van der Waals surface area contributed by atoms with Gasteiger partial charge in [0.25, 0.3) is 3.79 Å². The van der Waals surface area contributed by atoms with Crippen LogP contribution in [0.15, 0.2) is 36.1 Å². The summed E-state index contributed by atoms with van der Waals surface area (Å²) < 4.78 is 7.86. The van der Waals surface area contributed by atoms with Crippen LogP contribution < -0.4 is 0 Å². The number of allylic oxidation sites excluding steroid dienone is 5. The highest BCUT2D eigenvalue weighted by molar-refractivity contribution is 6.76. The van der Waals surface area contributed by atoms with Gasteiger partial charge in [-0.15, -0.1) is 0 Å². The van der Waals surface area contributed by atoms with E-state index in [2.05, 4.69) is 0 Å². The maximum atomic E-state index is 11.7. The molecule has 2 rings (SSSR count). The normalized spacial score (nSPS) is 35.5. The van der Waals surface area contributed by atoms with Gasteiger partial charge in [-0.2, -0.15) is 0 Å². The standard InChI is InChI=1S/C15H16Cl3NO7/c16-15(17,18)14(19)26-13-11(24)9(22)10(23)12(25-13)8(21)5-6-3-1-2-4-7(6)20/h1-6,9-13,19,21-24H/t6?,9-,10-,11+,12+,13+/m0/s1. The molecule has 5 N–H and O–H groups in total. The number of aliphatic hydroxyl groups excluding tert-OH is 4. The molecule has 0 radical (unpaired) electrons. The van der Waals surface area contributed by atoms with Crippen molar-refractivity contribution in [1.82, 2.24) is 0 Å². The Morgan fingerprint density at radius 2 is 1.85 bits per heavy atom. The predicted molar refractivity (Wildman–Crippen MR) is 93.3 cm³/mol. The van der Waals surface area contributed by atoms with E-state index in [1.807, 2.05) is 0 Å². The van der Waals surface area contributed by atoms with E-state index in [1.54, 1.807) is 6.08 Å². The van der Waals surface area contributed by atoms with Crippen molar-refractivity contribution in [1.29, 1.82) is 5.41 Å². The van der Waals surface area contributed by atoms with Crippen LogP contribution >= 0.6 is 34.8 Å². The Bertz CT molecular complexity index is 658. The molecule has 1 heterocycles. The molecule has 1 fully saturated rings. The summed E-state index contributed by atoms with van der Waals surface area (Å²) in [6.45, 7) is 0. The Hall–Kier alpha value is -1.13. The summed E-state index contributed by atoms with van der Waals surface area (Å²) >= 11 is 16.4. The Morgan fingerprint density at radius 3 is 2.42 bits per heavy atom. The quantitative estimate of drug-likeness (QED) is 0.195. The fourth-order valence-corrected chi connectivity index (χ4v) is 2.46. The molecule has 144 valence electrons. The highest BCUT2D eigenvalue weighted by Gasteiger charge is 2.48. The molecule has 0 spiro atoms. The first kappa shape index (κ1) is 21.2. The molecular weight excluding hydrogens is 413 g/mol. The van der Waals surface area contributed by atoms with Gasteiger partial charge in [-0.05, 0) is 12.2 Å². The average molecular weight is 429 g/mol. The highest BCUT2D eigenvalue weighted by atomic mass is 35.6. The topological polar surface area (TPSA) is 140 Å². The summed E-state index contributed by atoms with van der Waals surface area (Å²) in [7, 11) is 0. The van der Waals surface area contributed by atoms with Crippen molar-refractivity contribution >= 4 is 46.5 Å². The number of carbonyl (C=O) groups excluding carboxylic acids is 1. The molecule has 1 unspecified atom stereocenters. The number of ether oxygens (including phenoxy) is 2. The molecule has 1 saturated heterocycles. The third kappa shape index (κ3) is 4.77. The number of hydrogen-bond acceptors (Lipinski definition) is 8. The predicted octanol–water partition coefficient (Wildman–Crippen LogP) is 0.911. The molecule has 0 aromatic rings. The van der Waals surface area contributed by atoms with E-state index >= 15 is 0 Å². The SMILES string of the molecule is N=C(O[C@H]1O[C@H](C(O)=CC2C=CC=CC2=O)[C@@H](O)[C@H](O)[C@H]1O)C(Cl)(Cl)Cl. The smallest absolute Gasteiger partial charge is 0.265 e. The minimum Gasteiger partial charge on any atom is -0.510 e. The zero-order valence-electron chi connectivity index (χ0n) is 13.0. The first-order valence-electron chi connectivity index (χ1n) is 7.34. The maximum Gasteiger partial charge on any atom is 0.265 e. The lowest BCUT2D eigenvalue weighted by atomic mass is 9.93. The van der Waals surface area contributed by atoms with Crippen LogP contribution in [0.25, 0.3) is 0 Å². The van der Waals surface area contributed by atoms with E-state index in [0.717, 1.165) is 6.08 Å². The fraction of sp³-hybridized carbons (Fsp3) is 0.467. The zero-order chi connectivity index (χ0) is 19.6. The molecule has 6 atom stereocenters. The Balaban J connectivity index is 2.19. The minimum absolute atomic E-state index is 0.310. The molecule has 8 nitrogen and oxygen atoms in total. The molecular formula is C15H16Cl3NO7. The Kier molecular flexibility index (Phi) is 6.73. The summed E-state index contributed by atoms with van der Waals surface area (Å²) in [5.74, 6) is -2.57. The second-order valence-corrected chi connectivity index (χ2v) is 7.89. The molecule has 2 aliphatic rings. The molecule has 0 saturated carbocycles. The first-order chi connectivity index (χ1) is 12.0. The summed E-state index contributed by atoms with van der Waals surface area (Å²) in [6, 6.07) is 0. The van der Waals surface area contributed by atoms with Gasteiger partial charge in [0.15, 0.2) is 5.78 Å². The van der Waals surface area contributed by atoms with Gasteiger partial charge < -0.3 is 29.9 Å². The third-order valence-corrected chi connectivity index (χ3v) is 4.24. The van der Waals surface area contributed by atoms with Gasteiger partial charge in [0.1, 0.15) is 30.2 Å². The average Bonchev–Trinajstić information content (AvgIpc) is 2.56. The molecule has 0 aromatic heterocycles. The van der Waals surface area contributed by atoms with Crippen molar-refractivity contribution in [3.05, 3.63) is 36.1 Å². The molecule has 0 amide bonds. The number of hydrogen-bond donors (Lipinski definition) is 5. The van der Waals surface area contributed by atoms with E-state index in [1.165, 1.54) is 18.2 Å². The molecule has 0 aromatic carbocycles. The Labute approximate surface area is 163 Å². The monoisotopic (exact) mass is 427 g/mol. The lowest BCUT2D eigenvalue weighted by Crippen LogP contribution is -2.59. The molecule has 1 aliphatic carbocycles. The molecule has 1 aliphatic heterocycles. The van der Waals surface area contributed by atoms with Crippen LogP contribution in [0, 0.1) is 11.3 Å². The third-order valence-electron chi connectivity index (χ3n) is 3.72. The largest absolute Gasteiger partial charge is 0.510 e. The van der Waals surface area contributed by atoms with E-state index in [9.17, 15) is 25.2 Å². The van der Waals surface area contributed by atoms with Gasteiger partial charge in [0.2, 0.25) is 12.2 Å². The van der Waals surface area contributed by atoms with Crippen LogP contribution in [0.5, 0.6) is 0 Å². The lowest BCUT2D eigenvalue weighted by molar-refractivity contribution is -0.273. The van der Waals surface area contributed by atoms with Crippen LogP contribution in [0.4, 0.5) is 0 Å². The van der Waals surface area contributed by atoms with Gasteiger partial charge in [0.05, 0.1) is 5.92 Å². The molecule has 11 heteroatoms. The van der Waals surface area contributed by atoms with Crippen LogP contribution in [0.3, 0.4) is 0 Å². The second-order valence-electron chi connectivity index (χ2n) is 5.61. The number of carbonyl (C=O) groups is 1. The summed E-state index contributed by atoms with van der Waals surface area (Å²) in [4.78, 5) is 11.7. The van der Waals surface area contributed by atoms with E-state index in [0.29, 0.717) is 0 Å². The van der Waals surface area contributed by atoms with E-state index in [-0.39, 0.29) is 5.78 Å². The first-order valence-corrected chi connectivity index (χ1v) is 8.47. The van der Waals surface area contributed by atoms with Crippen molar-refractivity contribution in [3.63, 3.8) is 0 Å². The second kappa shape index (κ2) is 8.26. The van der Waals surface area contributed by atoms with Crippen molar-refractivity contribution in [3.8, 4) is 0 Å². The maximum absolute atomic E-state index is 11.7. The zero-order valence-corrected chi connectivity index (χ0v) is 15.3. The van der Waals surface area contributed by atoms with Crippen molar-refractivity contribution in [2.24, 2.45) is 5.92 Å². The fourth-order valence-electron chi connectivity index (χ4n) is 2.33. The summed E-state index contributed by atoms with van der Waals surface area (Å²) in [5, 5.41) is 47.6. The number of nitrogens with one attached hydrogen (secondary N) is 1. The Morgan fingerprint density at radius 1 is 1.19 bits per heavy atom. The number of ketones is 1. The van der Waals surface area contributed by atoms with E-state index in [4.69, 9.17) is 49.7 Å². The number of halogens is 3. The summed E-state index contributed by atoms with van der Waals surface area (Å²) in [6.07, 6.45) is -1.52. The van der Waals surface area contributed by atoms with Crippen molar-refractivity contribution in [2.75, 3.05) is 0 Å². The summed E-state index contributed by atoms with van der Waals surface area (Å²) in [5.41, 5.74) is 0. The van der Waals surface area contributed by atoms with Crippen LogP contribution in [-0.4, -0.2) is 66.6 Å². The van der Waals surface area contributed by atoms with E-state index < -0.39 is 52.1 Å². The van der Waals surface area contributed by atoms with Gasteiger partial charge in [-0.1, -0.05) is 53.0 Å². The van der Waals surface area contributed by atoms with Crippen LogP contribution in [0.1, 0.15) is 0 Å². The minimum atomic E-state index is -2.25. The van der Waals surface area contributed by atoms with Crippen molar-refractivity contribution in [2.45, 2.75) is 34.5 Å². The van der Waals surface area contributed by atoms with Gasteiger partial charge in [-0.25, -0.2) is 0 Å². The number of rotatable bonds is 3. The number of alkyl halides is 3. The van der Waals surface area contributed by atoms with Crippen LogP contribution in [0.2, 0.25) is 0 Å². The van der Waals surface area contributed by atoms with Gasteiger partial charge in [0, 0.05) is 0 Å². The highest BCUT2D eigenvalue weighted by Crippen LogP contribution is 2.32. The molecule has 26 heavy (non-hydrogen) atoms. The number of aliphatic hydroxyl groups is 4. The lowest BCUT2D eigenvalue weighted by Gasteiger charge is -2.40. The van der Waals surface area contributed by atoms with Gasteiger partial charge >= 0.3 is 0 Å². The van der Waals surface area contributed by atoms with Crippen LogP contribution in [-0.2, 0) is 14.3 Å².